The second-order valence-electron chi connectivity index (χ2n) is 7.93. The Bertz CT molecular complexity index is 904. The van der Waals surface area contributed by atoms with E-state index in [-0.39, 0.29) is 0 Å². The number of rotatable bonds is 5. The lowest BCUT2D eigenvalue weighted by Crippen LogP contribution is -2.26. The minimum atomic E-state index is -3.55. The Hall–Kier alpha value is -1.85. The van der Waals surface area contributed by atoms with Gasteiger partial charge >= 0.3 is 0 Å². The van der Waals surface area contributed by atoms with Crippen molar-refractivity contribution in [2.45, 2.75) is 36.5 Å². The first-order valence-electron chi connectivity index (χ1n) is 9.25. The van der Waals surface area contributed by atoms with Gasteiger partial charge < -0.3 is 5.32 Å². The number of anilines is 1. The van der Waals surface area contributed by atoms with Crippen LogP contribution in [0.2, 0.25) is 0 Å². The zero-order valence-corrected chi connectivity index (χ0v) is 16.4. The summed E-state index contributed by atoms with van der Waals surface area (Å²) < 4.78 is 27.3. The molecule has 1 saturated heterocycles. The highest BCUT2D eigenvalue weighted by Crippen LogP contribution is 2.56. The van der Waals surface area contributed by atoms with Gasteiger partial charge in [0.05, 0.1) is 10.6 Å². The standard InChI is InChI=1S/C21H26N2O2S/c1-15(2)16-4-10-20(11-5-16)26(24,25)23(3)19-8-6-17(7-9-19)21-12-18(21)13-22-14-21/h4-11,15,18,22H,12-14H2,1-3H3/t18-,21?/m1/s1. The number of sulfonamides is 1. The quantitative estimate of drug-likeness (QED) is 0.876. The Morgan fingerprint density at radius 2 is 1.73 bits per heavy atom. The molecule has 0 radical (unpaired) electrons. The van der Waals surface area contributed by atoms with Crippen LogP contribution in [0.15, 0.2) is 53.4 Å². The first-order valence-corrected chi connectivity index (χ1v) is 10.7. The number of benzene rings is 2. The highest BCUT2D eigenvalue weighted by molar-refractivity contribution is 7.92. The summed E-state index contributed by atoms with van der Waals surface area (Å²) in [5.74, 6) is 1.13. The van der Waals surface area contributed by atoms with E-state index in [1.165, 1.54) is 16.3 Å². The molecular formula is C21H26N2O2S. The molecule has 1 N–H and O–H groups in total. The van der Waals surface area contributed by atoms with Crippen LogP contribution in [-0.2, 0) is 15.4 Å². The van der Waals surface area contributed by atoms with Crippen molar-refractivity contribution >= 4 is 15.7 Å². The van der Waals surface area contributed by atoms with Gasteiger partial charge in [-0.05, 0) is 60.2 Å². The van der Waals surface area contributed by atoms with Crippen LogP contribution in [0.4, 0.5) is 5.69 Å². The maximum atomic E-state index is 12.9. The number of hydrogen-bond acceptors (Lipinski definition) is 3. The summed E-state index contributed by atoms with van der Waals surface area (Å²) in [6.45, 7) is 6.33. The lowest BCUT2D eigenvalue weighted by Gasteiger charge is -2.21. The molecule has 2 aromatic rings. The van der Waals surface area contributed by atoms with Crippen LogP contribution in [-0.4, -0.2) is 28.6 Å². The Balaban J connectivity index is 1.57. The van der Waals surface area contributed by atoms with E-state index in [1.54, 1.807) is 19.2 Å². The highest BCUT2D eigenvalue weighted by Gasteiger charge is 2.57. The number of nitrogens with zero attached hydrogens (tertiary/aromatic N) is 1. The molecule has 1 aliphatic carbocycles. The van der Waals surface area contributed by atoms with Crippen LogP contribution in [0.25, 0.3) is 0 Å². The average Bonchev–Trinajstić information content (AvgIpc) is 3.22. The van der Waals surface area contributed by atoms with Crippen molar-refractivity contribution in [2.24, 2.45) is 5.92 Å². The lowest BCUT2D eigenvalue weighted by atomic mass is 9.95. The first-order chi connectivity index (χ1) is 12.3. The molecule has 1 saturated carbocycles. The fourth-order valence-corrected chi connectivity index (χ4v) is 5.31. The van der Waals surface area contributed by atoms with Gasteiger partial charge in [0.2, 0.25) is 0 Å². The summed E-state index contributed by atoms with van der Waals surface area (Å²) in [6.07, 6.45) is 1.25. The fraction of sp³-hybridized carbons (Fsp3) is 0.429. The molecule has 4 rings (SSSR count). The highest BCUT2D eigenvalue weighted by atomic mass is 32.2. The second kappa shape index (κ2) is 6.10. The van der Waals surface area contributed by atoms with Gasteiger partial charge in [-0.1, -0.05) is 38.1 Å². The van der Waals surface area contributed by atoms with Crippen molar-refractivity contribution in [1.82, 2.24) is 5.32 Å². The summed E-state index contributed by atoms with van der Waals surface area (Å²) in [4.78, 5) is 0.328. The van der Waals surface area contributed by atoms with E-state index >= 15 is 0 Å². The molecule has 0 bridgehead atoms. The second-order valence-corrected chi connectivity index (χ2v) is 9.90. The zero-order valence-electron chi connectivity index (χ0n) is 15.6. The molecule has 2 aliphatic rings. The van der Waals surface area contributed by atoms with Crippen molar-refractivity contribution in [2.75, 3.05) is 24.4 Å². The van der Waals surface area contributed by atoms with Crippen LogP contribution in [0.3, 0.4) is 0 Å². The number of piperidine rings is 1. The SMILES string of the molecule is CC(C)c1ccc(S(=O)(=O)N(C)c2ccc(C34CNC[C@H]3C4)cc2)cc1. The lowest BCUT2D eigenvalue weighted by molar-refractivity contribution is 0.594. The predicted molar refractivity (Wildman–Crippen MR) is 105 cm³/mol. The van der Waals surface area contributed by atoms with Crippen LogP contribution in [0.5, 0.6) is 0 Å². The van der Waals surface area contributed by atoms with E-state index < -0.39 is 10.0 Å². The molecule has 2 aromatic carbocycles. The third-order valence-electron chi connectivity index (χ3n) is 6.07. The smallest absolute Gasteiger partial charge is 0.264 e. The molecule has 0 spiro atoms. The van der Waals surface area contributed by atoms with E-state index in [4.69, 9.17) is 0 Å². The van der Waals surface area contributed by atoms with Crippen molar-refractivity contribution in [3.8, 4) is 0 Å². The van der Waals surface area contributed by atoms with E-state index in [9.17, 15) is 8.42 Å². The van der Waals surface area contributed by atoms with Gasteiger partial charge in [0.25, 0.3) is 10.0 Å². The molecule has 5 heteroatoms. The Kier molecular flexibility index (Phi) is 4.12. The van der Waals surface area contributed by atoms with Crippen molar-refractivity contribution in [3.63, 3.8) is 0 Å². The molecule has 26 heavy (non-hydrogen) atoms. The molecular weight excluding hydrogens is 344 g/mol. The van der Waals surface area contributed by atoms with Gasteiger partial charge in [0.15, 0.2) is 0 Å². The van der Waals surface area contributed by atoms with Gasteiger partial charge in [-0.15, -0.1) is 0 Å². The largest absolute Gasteiger partial charge is 0.316 e. The molecule has 138 valence electrons. The van der Waals surface area contributed by atoms with Gasteiger partial charge in [0.1, 0.15) is 0 Å². The van der Waals surface area contributed by atoms with Gasteiger partial charge in [-0.2, -0.15) is 0 Å². The molecule has 0 aromatic heterocycles. The zero-order chi connectivity index (χ0) is 18.5. The Morgan fingerprint density at radius 3 is 2.23 bits per heavy atom. The van der Waals surface area contributed by atoms with Crippen LogP contribution < -0.4 is 9.62 Å². The fourth-order valence-electron chi connectivity index (χ4n) is 4.11. The molecule has 4 nitrogen and oxygen atoms in total. The number of hydrogen-bond donors (Lipinski definition) is 1. The van der Waals surface area contributed by atoms with Crippen LogP contribution in [0, 0.1) is 5.92 Å². The van der Waals surface area contributed by atoms with Crippen molar-refractivity contribution in [3.05, 3.63) is 59.7 Å². The maximum absolute atomic E-state index is 12.9. The Morgan fingerprint density at radius 1 is 1.08 bits per heavy atom. The molecule has 0 amide bonds. The van der Waals surface area contributed by atoms with Crippen molar-refractivity contribution < 1.29 is 8.42 Å². The van der Waals surface area contributed by atoms with Crippen molar-refractivity contribution in [1.29, 1.82) is 0 Å². The van der Waals surface area contributed by atoms with E-state index in [1.807, 2.05) is 24.3 Å². The van der Waals surface area contributed by atoms with Gasteiger partial charge in [0, 0.05) is 19.0 Å². The minimum Gasteiger partial charge on any atom is -0.316 e. The predicted octanol–water partition coefficient (Wildman–Crippen LogP) is 3.50. The summed E-state index contributed by atoms with van der Waals surface area (Å²) in [6, 6.07) is 15.2. The third kappa shape index (κ3) is 2.74. The van der Waals surface area contributed by atoms with Crippen LogP contribution in [0.1, 0.15) is 37.3 Å². The number of fused-ring (bicyclic) bond motifs is 1. The third-order valence-corrected chi connectivity index (χ3v) is 7.87. The van der Waals surface area contributed by atoms with Crippen LogP contribution >= 0.6 is 0 Å². The maximum Gasteiger partial charge on any atom is 0.264 e. The molecule has 1 heterocycles. The van der Waals surface area contributed by atoms with Gasteiger partial charge in [-0.3, -0.25) is 4.31 Å². The monoisotopic (exact) mass is 370 g/mol. The van der Waals surface area contributed by atoms with Gasteiger partial charge in [-0.25, -0.2) is 8.42 Å². The molecule has 2 fully saturated rings. The van der Waals surface area contributed by atoms with E-state index in [0.29, 0.717) is 21.9 Å². The average molecular weight is 371 g/mol. The first kappa shape index (κ1) is 17.6. The molecule has 2 atom stereocenters. The Labute approximate surface area is 156 Å². The summed E-state index contributed by atoms with van der Waals surface area (Å²) in [7, 11) is -1.93. The van der Waals surface area contributed by atoms with E-state index in [2.05, 4.69) is 31.3 Å². The normalized spacial score (nSPS) is 24.5. The summed E-state index contributed by atoms with van der Waals surface area (Å²) >= 11 is 0. The molecule has 1 unspecified atom stereocenters. The number of nitrogens with one attached hydrogen (secondary N) is 1. The molecule has 1 aliphatic heterocycles. The topological polar surface area (TPSA) is 49.4 Å². The summed E-state index contributed by atoms with van der Waals surface area (Å²) in [5, 5.41) is 3.45. The summed E-state index contributed by atoms with van der Waals surface area (Å²) in [5.41, 5.74) is 3.45. The van der Waals surface area contributed by atoms with E-state index in [0.717, 1.165) is 24.6 Å². The minimum absolute atomic E-state index is 0.294.